The highest BCUT2D eigenvalue weighted by Crippen LogP contribution is 2.49. The summed E-state index contributed by atoms with van der Waals surface area (Å²) in [5, 5.41) is 6.53. The molecule has 3 heteroatoms. The number of rotatable bonds is 5. The number of carbonyl (C=O) groups is 1. The zero-order valence-corrected chi connectivity index (χ0v) is 11.8. The van der Waals surface area contributed by atoms with Gasteiger partial charge in [0.1, 0.15) is 0 Å². The van der Waals surface area contributed by atoms with Crippen LogP contribution in [0.15, 0.2) is 18.2 Å². The molecular formula is C17H22N2O. The Hall–Kier alpha value is -1.35. The van der Waals surface area contributed by atoms with Gasteiger partial charge in [-0.25, -0.2) is 0 Å². The number of carbonyl (C=O) groups excluding carboxylic acids is 1. The van der Waals surface area contributed by atoms with Crippen LogP contribution in [0.25, 0.3) is 0 Å². The third kappa shape index (κ3) is 2.47. The highest BCUT2D eigenvalue weighted by molar-refractivity contribution is 5.80. The van der Waals surface area contributed by atoms with Crippen molar-refractivity contribution in [2.24, 2.45) is 17.8 Å². The van der Waals surface area contributed by atoms with E-state index in [1.165, 1.54) is 42.4 Å². The van der Waals surface area contributed by atoms with Crippen LogP contribution in [-0.2, 0) is 24.4 Å². The number of nitrogens with one attached hydrogen (secondary N) is 2. The van der Waals surface area contributed by atoms with Gasteiger partial charge in [0.05, 0.1) is 0 Å². The quantitative estimate of drug-likeness (QED) is 0.862. The molecule has 4 rings (SSSR count). The second-order valence-electron chi connectivity index (χ2n) is 6.63. The van der Waals surface area contributed by atoms with E-state index >= 15 is 0 Å². The molecule has 2 fully saturated rings. The van der Waals surface area contributed by atoms with Gasteiger partial charge in [-0.1, -0.05) is 18.2 Å². The van der Waals surface area contributed by atoms with Crippen LogP contribution in [0.5, 0.6) is 0 Å². The van der Waals surface area contributed by atoms with Gasteiger partial charge in [-0.3, -0.25) is 4.79 Å². The molecule has 20 heavy (non-hydrogen) atoms. The average Bonchev–Trinajstić information content (AvgIpc) is 3.38. The summed E-state index contributed by atoms with van der Waals surface area (Å²) in [5.74, 6) is 1.98. The highest BCUT2D eigenvalue weighted by Gasteiger charge is 2.45. The molecule has 3 nitrogen and oxygen atoms in total. The first kappa shape index (κ1) is 12.4. The maximum Gasteiger partial charge on any atom is 0.223 e. The van der Waals surface area contributed by atoms with Crippen molar-refractivity contribution in [3.8, 4) is 0 Å². The van der Waals surface area contributed by atoms with Crippen LogP contribution in [0.1, 0.15) is 42.4 Å². The fraction of sp³-hybridized carbons (Fsp3) is 0.588. The van der Waals surface area contributed by atoms with Gasteiger partial charge in [-0.2, -0.15) is 0 Å². The van der Waals surface area contributed by atoms with Crippen molar-refractivity contribution >= 4 is 5.91 Å². The number of benzene rings is 1. The van der Waals surface area contributed by atoms with E-state index in [-0.39, 0.29) is 0 Å². The van der Waals surface area contributed by atoms with Crippen LogP contribution in [-0.4, -0.2) is 5.91 Å². The second kappa shape index (κ2) is 4.88. The molecule has 2 aliphatic carbocycles. The molecule has 0 aromatic heterocycles. The number of amides is 1. The second-order valence-corrected chi connectivity index (χ2v) is 6.63. The van der Waals surface area contributed by atoms with Gasteiger partial charge in [0, 0.05) is 25.6 Å². The van der Waals surface area contributed by atoms with Gasteiger partial charge in [0.25, 0.3) is 0 Å². The molecule has 0 bridgehead atoms. The molecule has 2 saturated carbocycles. The van der Waals surface area contributed by atoms with Gasteiger partial charge in [-0.05, 0) is 54.2 Å². The molecule has 0 radical (unpaired) electrons. The molecule has 0 saturated heterocycles. The smallest absolute Gasteiger partial charge is 0.223 e. The lowest BCUT2D eigenvalue weighted by molar-refractivity contribution is -0.126. The van der Waals surface area contributed by atoms with Crippen LogP contribution in [0, 0.1) is 17.8 Å². The van der Waals surface area contributed by atoms with E-state index in [9.17, 15) is 4.79 Å². The third-order valence-corrected chi connectivity index (χ3v) is 4.93. The van der Waals surface area contributed by atoms with Crippen LogP contribution in [0.2, 0.25) is 0 Å². The fourth-order valence-electron chi connectivity index (χ4n) is 3.49. The lowest BCUT2D eigenvalue weighted by Gasteiger charge is -2.15. The van der Waals surface area contributed by atoms with Crippen LogP contribution in [0.3, 0.4) is 0 Å². The van der Waals surface area contributed by atoms with Crippen molar-refractivity contribution in [2.75, 3.05) is 0 Å². The zero-order valence-electron chi connectivity index (χ0n) is 11.8. The first-order chi connectivity index (χ1) is 9.81. The normalized spacial score (nSPS) is 21.1. The lowest BCUT2D eigenvalue weighted by atomic mass is 9.97. The molecule has 0 spiro atoms. The predicted octanol–water partition coefficient (Wildman–Crippen LogP) is 2.34. The molecule has 1 heterocycles. The standard InChI is InChI=1S/C17H22N2O/c20-17(16(12-3-4-12)13-5-6-13)19-8-11-1-2-14-9-18-10-15(14)7-11/h1-2,7,12-13,16,18H,3-6,8-10H2,(H,19,20). The average molecular weight is 270 g/mol. The van der Waals surface area contributed by atoms with Crippen LogP contribution in [0.4, 0.5) is 0 Å². The van der Waals surface area contributed by atoms with Gasteiger partial charge < -0.3 is 10.6 Å². The van der Waals surface area contributed by atoms with Crippen molar-refractivity contribution in [2.45, 2.75) is 45.3 Å². The molecule has 1 aromatic carbocycles. The summed E-state index contributed by atoms with van der Waals surface area (Å²) in [6.07, 6.45) is 5.05. The summed E-state index contributed by atoms with van der Waals surface area (Å²) in [5.41, 5.74) is 4.01. The minimum absolute atomic E-state index is 0.300. The zero-order chi connectivity index (χ0) is 13.5. The number of fused-ring (bicyclic) bond motifs is 1. The van der Waals surface area contributed by atoms with Crippen molar-refractivity contribution in [3.63, 3.8) is 0 Å². The number of hydrogen-bond donors (Lipinski definition) is 2. The Bertz CT molecular complexity index is 520. The van der Waals surface area contributed by atoms with Crippen molar-refractivity contribution in [3.05, 3.63) is 34.9 Å². The summed E-state index contributed by atoms with van der Waals surface area (Å²) in [6, 6.07) is 6.57. The highest BCUT2D eigenvalue weighted by atomic mass is 16.1. The molecule has 0 unspecified atom stereocenters. The lowest BCUT2D eigenvalue weighted by Crippen LogP contribution is -2.32. The van der Waals surface area contributed by atoms with E-state index in [1.807, 2.05) is 0 Å². The maximum atomic E-state index is 12.4. The van der Waals surface area contributed by atoms with Crippen molar-refractivity contribution in [1.82, 2.24) is 10.6 Å². The SMILES string of the molecule is O=C(NCc1ccc2c(c1)CNC2)C(C1CC1)C1CC1. The molecular weight excluding hydrogens is 248 g/mol. The van der Waals surface area contributed by atoms with Gasteiger partial charge >= 0.3 is 0 Å². The Morgan fingerprint density at radius 1 is 1.15 bits per heavy atom. The Kier molecular flexibility index (Phi) is 3.03. The molecule has 2 N–H and O–H groups in total. The van der Waals surface area contributed by atoms with Crippen LogP contribution >= 0.6 is 0 Å². The topological polar surface area (TPSA) is 41.1 Å². The Morgan fingerprint density at radius 3 is 2.55 bits per heavy atom. The first-order valence-electron chi connectivity index (χ1n) is 7.90. The summed E-state index contributed by atoms with van der Waals surface area (Å²) in [7, 11) is 0. The van der Waals surface area contributed by atoms with E-state index in [0.717, 1.165) is 13.1 Å². The summed E-state index contributed by atoms with van der Waals surface area (Å²) < 4.78 is 0. The summed E-state index contributed by atoms with van der Waals surface area (Å²) in [4.78, 5) is 12.4. The fourth-order valence-corrected chi connectivity index (χ4v) is 3.49. The van der Waals surface area contributed by atoms with Gasteiger partial charge in [-0.15, -0.1) is 0 Å². The van der Waals surface area contributed by atoms with E-state index < -0.39 is 0 Å². The third-order valence-electron chi connectivity index (χ3n) is 4.93. The monoisotopic (exact) mass is 270 g/mol. The Morgan fingerprint density at radius 2 is 1.85 bits per heavy atom. The van der Waals surface area contributed by atoms with E-state index in [4.69, 9.17) is 0 Å². The van der Waals surface area contributed by atoms with E-state index in [0.29, 0.717) is 30.2 Å². The maximum absolute atomic E-state index is 12.4. The largest absolute Gasteiger partial charge is 0.352 e. The summed E-state index contributed by atoms with van der Waals surface area (Å²) >= 11 is 0. The van der Waals surface area contributed by atoms with Crippen molar-refractivity contribution in [1.29, 1.82) is 0 Å². The van der Waals surface area contributed by atoms with Gasteiger partial charge in [0.2, 0.25) is 5.91 Å². The van der Waals surface area contributed by atoms with Crippen LogP contribution < -0.4 is 10.6 Å². The molecule has 3 aliphatic rings. The molecule has 1 aliphatic heterocycles. The molecule has 106 valence electrons. The van der Waals surface area contributed by atoms with Gasteiger partial charge in [0.15, 0.2) is 0 Å². The molecule has 0 atom stereocenters. The molecule has 1 amide bonds. The Labute approximate surface area is 120 Å². The first-order valence-corrected chi connectivity index (χ1v) is 7.90. The number of hydrogen-bond acceptors (Lipinski definition) is 2. The van der Waals surface area contributed by atoms with E-state index in [1.54, 1.807) is 0 Å². The predicted molar refractivity (Wildman–Crippen MR) is 77.8 cm³/mol. The minimum Gasteiger partial charge on any atom is -0.352 e. The van der Waals surface area contributed by atoms with E-state index in [2.05, 4.69) is 28.8 Å². The summed E-state index contributed by atoms with van der Waals surface area (Å²) in [6.45, 7) is 2.62. The van der Waals surface area contributed by atoms with Crippen molar-refractivity contribution < 1.29 is 4.79 Å². The minimum atomic E-state index is 0.300. The Balaban J connectivity index is 1.38. The molecule has 1 aromatic rings.